The highest BCUT2D eigenvalue weighted by atomic mass is 79.9. The maximum Gasteiger partial charge on any atom is 0.320 e. The fourth-order valence-corrected chi connectivity index (χ4v) is 2.49. The van der Waals surface area contributed by atoms with Crippen LogP contribution < -0.4 is 0 Å². The highest BCUT2D eigenvalue weighted by molar-refractivity contribution is 9.09. The molecule has 2 saturated carbocycles. The zero-order valence-electron chi connectivity index (χ0n) is 14.2. The molecule has 7 heteroatoms. The van der Waals surface area contributed by atoms with E-state index in [-0.39, 0.29) is 31.3 Å². The summed E-state index contributed by atoms with van der Waals surface area (Å²) in [4.78, 5) is 45.3. The van der Waals surface area contributed by atoms with Crippen LogP contribution in [0.2, 0.25) is 0 Å². The molecule has 2 fully saturated rings. The summed E-state index contributed by atoms with van der Waals surface area (Å²) in [7, 11) is 0. The fraction of sp³-hybridized carbons (Fsp3) is 0.765. The molecule has 2 rings (SSSR count). The van der Waals surface area contributed by atoms with Crippen LogP contribution in [-0.4, -0.2) is 42.0 Å². The molecular weight excluding hydrogens is 380 g/mol. The van der Waals surface area contributed by atoms with Crippen LogP contribution in [0.4, 0.5) is 0 Å². The average molecular weight is 405 g/mol. The first kappa shape index (κ1) is 20.8. The van der Waals surface area contributed by atoms with Crippen molar-refractivity contribution in [3.8, 4) is 0 Å². The number of ketones is 2. The molecule has 0 unspecified atom stereocenters. The van der Waals surface area contributed by atoms with Crippen LogP contribution in [0.25, 0.3) is 0 Å². The lowest BCUT2D eigenvalue weighted by atomic mass is 10.0. The van der Waals surface area contributed by atoms with Gasteiger partial charge in [-0.2, -0.15) is 0 Å². The highest BCUT2D eigenvalue weighted by Crippen LogP contribution is 2.32. The SMILES string of the molecule is CCOC(=O)C(CC(=O)C1CC1)C(=O)OCC.O=C(CBr)C1CC1. The summed E-state index contributed by atoms with van der Waals surface area (Å²) in [5, 5.41) is 0.553. The van der Waals surface area contributed by atoms with Crippen molar-refractivity contribution in [3.05, 3.63) is 0 Å². The van der Waals surface area contributed by atoms with E-state index in [1.165, 1.54) is 0 Å². The third-order valence-electron chi connectivity index (χ3n) is 3.74. The van der Waals surface area contributed by atoms with Crippen LogP contribution >= 0.6 is 15.9 Å². The van der Waals surface area contributed by atoms with E-state index in [9.17, 15) is 19.2 Å². The van der Waals surface area contributed by atoms with E-state index in [1.54, 1.807) is 13.8 Å². The first-order chi connectivity index (χ1) is 11.4. The summed E-state index contributed by atoms with van der Waals surface area (Å²) in [5.41, 5.74) is 0. The van der Waals surface area contributed by atoms with Crippen molar-refractivity contribution >= 4 is 39.4 Å². The second-order valence-corrected chi connectivity index (χ2v) is 6.44. The standard InChI is InChI=1S/C12H18O5.C5H7BrO/c1-3-16-11(14)9(12(15)17-4-2)7-10(13)8-5-6-8;6-3-5(7)4-1-2-4/h8-9H,3-7H2,1-2H3;4H,1-3H2. The van der Waals surface area contributed by atoms with Gasteiger partial charge in [-0.1, -0.05) is 15.9 Å². The Morgan fingerprint density at radius 3 is 1.58 bits per heavy atom. The van der Waals surface area contributed by atoms with Crippen molar-refractivity contribution in [1.82, 2.24) is 0 Å². The van der Waals surface area contributed by atoms with Gasteiger partial charge in [0.1, 0.15) is 11.6 Å². The minimum atomic E-state index is -1.09. The predicted octanol–water partition coefficient (Wildman–Crippen LogP) is 2.46. The number of carbonyl (C=O) groups excluding carboxylic acids is 4. The van der Waals surface area contributed by atoms with Gasteiger partial charge in [-0.25, -0.2) is 0 Å². The second kappa shape index (κ2) is 10.6. The maximum atomic E-state index is 11.6. The van der Waals surface area contributed by atoms with E-state index in [1.807, 2.05) is 0 Å². The molecule has 0 N–H and O–H groups in total. The van der Waals surface area contributed by atoms with Crippen LogP contribution in [-0.2, 0) is 28.7 Å². The van der Waals surface area contributed by atoms with Gasteiger partial charge in [0.15, 0.2) is 5.92 Å². The van der Waals surface area contributed by atoms with Crippen LogP contribution in [0.1, 0.15) is 46.0 Å². The molecule has 2 aliphatic rings. The lowest BCUT2D eigenvalue weighted by molar-refractivity contribution is -0.163. The van der Waals surface area contributed by atoms with Gasteiger partial charge in [0.05, 0.1) is 18.5 Å². The molecule has 24 heavy (non-hydrogen) atoms. The largest absolute Gasteiger partial charge is 0.465 e. The Balaban J connectivity index is 0.000000341. The summed E-state index contributed by atoms with van der Waals surface area (Å²) in [6.07, 6.45) is 3.88. The number of rotatable bonds is 9. The Morgan fingerprint density at radius 2 is 1.29 bits per heavy atom. The molecule has 0 atom stereocenters. The molecule has 0 aromatic carbocycles. The number of ether oxygens (including phenoxy) is 2. The fourth-order valence-electron chi connectivity index (χ4n) is 2.04. The second-order valence-electron chi connectivity index (χ2n) is 5.88. The van der Waals surface area contributed by atoms with E-state index in [0.717, 1.165) is 25.7 Å². The molecule has 0 heterocycles. The monoisotopic (exact) mass is 404 g/mol. The molecule has 0 amide bonds. The van der Waals surface area contributed by atoms with Crippen molar-refractivity contribution in [1.29, 1.82) is 0 Å². The third kappa shape index (κ3) is 7.55. The molecule has 0 aromatic heterocycles. The highest BCUT2D eigenvalue weighted by Gasteiger charge is 2.37. The van der Waals surface area contributed by atoms with E-state index >= 15 is 0 Å². The van der Waals surface area contributed by atoms with E-state index in [2.05, 4.69) is 15.9 Å². The lowest BCUT2D eigenvalue weighted by Crippen LogP contribution is -2.30. The summed E-state index contributed by atoms with van der Waals surface area (Å²) in [5.74, 6) is -1.64. The Labute approximate surface area is 150 Å². The van der Waals surface area contributed by atoms with Gasteiger partial charge in [0.2, 0.25) is 0 Å². The summed E-state index contributed by atoms with van der Waals surface area (Å²) in [6, 6.07) is 0. The molecule has 0 radical (unpaired) electrons. The molecular formula is C17H25BrO6. The van der Waals surface area contributed by atoms with E-state index in [4.69, 9.17) is 9.47 Å². The van der Waals surface area contributed by atoms with Gasteiger partial charge in [0, 0.05) is 18.3 Å². The zero-order chi connectivity index (χ0) is 18.1. The molecule has 2 aliphatic carbocycles. The zero-order valence-corrected chi connectivity index (χ0v) is 15.8. The van der Waals surface area contributed by atoms with Crippen molar-refractivity contribution in [2.24, 2.45) is 17.8 Å². The Kier molecular flexibility index (Phi) is 9.18. The predicted molar refractivity (Wildman–Crippen MR) is 90.6 cm³/mol. The molecule has 0 saturated heterocycles. The quantitative estimate of drug-likeness (QED) is 0.333. The van der Waals surface area contributed by atoms with Crippen molar-refractivity contribution in [2.75, 3.05) is 18.5 Å². The first-order valence-corrected chi connectivity index (χ1v) is 9.51. The van der Waals surface area contributed by atoms with Crippen molar-refractivity contribution < 1.29 is 28.7 Å². The molecule has 6 nitrogen and oxygen atoms in total. The lowest BCUT2D eigenvalue weighted by Gasteiger charge is -2.13. The summed E-state index contributed by atoms with van der Waals surface area (Å²) < 4.78 is 9.56. The molecule has 0 aliphatic heterocycles. The van der Waals surface area contributed by atoms with Crippen LogP contribution in [0.3, 0.4) is 0 Å². The van der Waals surface area contributed by atoms with E-state index < -0.39 is 17.9 Å². The number of halogens is 1. The number of carbonyl (C=O) groups is 4. The number of hydrogen-bond acceptors (Lipinski definition) is 6. The molecule has 136 valence electrons. The minimum Gasteiger partial charge on any atom is -0.465 e. The van der Waals surface area contributed by atoms with Crippen LogP contribution in [0.15, 0.2) is 0 Å². The Bertz CT molecular complexity index is 450. The molecule has 0 spiro atoms. The van der Waals surface area contributed by atoms with Crippen molar-refractivity contribution in [2.45, 2.75) is 46.0 Å². The average Bonchev–Trinajstić information content (AvgIpc) is 3.42. The van der Waals surface area contributed by atoms with Gasteiger partial charge in [-0.3, -0.25) is 19.2 Å². The number of Topliss-reactive ketones (excluding diaryl/α,β-unsaturated/α-hetero) is 2. The van der Waals surface area contributed by atoms with Crippen molar-refractivity contribution in [3.63, 3.8) is 0 Å². The smallest absolute Gasteiger partial charge is 0.320 e. The maximum absolute atomic E-state index is 11.6. The van der Waals surface area contributed by atoms with Gasteiger partial charge in [0.25, 0.3) is 0 Å². The number of hydrogen-bond donors (Lipinski definition) is 0. The van der Waals surface area contributed by atoms with Gasteiger partial charge >= 0.3 is 11.9 Å². The summed E-state index contributed by atoms with van der Waals surface area (Å²) >= 11 is 3.11. The normalized spacial score (nSPS) is 16.0. The molecule has 0 aromatic rings. The van der Waals surface area contributed by atoms with Gasteiger partial charge in [-0.05, 0) is 39.5 Å². The van der Waals surface area contributed by atoms with Crippen LogP contribution in [0.5, 0.6) is 0 Å². The molecule has 0 bridgehead atoms. The number of alkyl halides is 1. The topological polar surface area (TPSA) is 86.7 Å². The summed E-state index contributed by atoms with van der Waals surface area (Å²) in [6.45, 7) is 3.68. The first-order valence-electron chi connectivity index (χ1n) is 8.39. The van der Waals surface area contributed by atoms with Gasteiger partial charge < -0.3 is 9.47 Å². The minimum absolute atomic E-state index is 0.0290. The third-order valence-corrected chi connectivity index (χ3v) is 4.30. The Morgan fingerprint density at radius 1 is 0.875 bits per heavy atom. The van der Waals surface area contributed by atoms with E-state index in [0.29, 0.717) is 17.0 Å². The van der Waals surface area contributed by atoms with Gasteiger partial charge in [-0.15, -0.1) is 0 Å². The number of esters is 2. The van der Waals surface area contributed by atoms with Crippen LogP contribution in [0, 0.1) is 17.8 Å². The Hall–Kier alpha value is -1.24.